The summed E-state index contributed by atoms with van der Waals surface area (Å²) in [6.45, 7) is 8.05. The first-order valence-electron chi connectivity index (χ1n) is 8.42. The van der Waals surface area contributed by atoms with Gasteiger partial charge in [-0.15, -0.1) is 0 Å². The standard InChI is InChI=1S/C21H22N2O2/c1-13(2)19-17(8-7-16(23-19)9-10-21(3,4)25)14-5-6-15-12-22-20(24)18(15)11-14/h5-8,11,13,25H,12H2,1-4H3,(H,22,24). The van der Waals surface area contributed by atoms with Gasteiger partial charge in [-0.05, 0) is 55.0 Å². The SMILES string of the molecule is CC(C)c1nc(C#CC(C)(C)O)ccc1-c1ccc2c(c1)C(=O)NC2. The van der Waals surface area contributed by atoms with Gasteiger partial charge in [0, 0.05) is 17.7 Å². The summed E-state index contributed by atoms with van der Waals surface area (Å²) in [4.78, 5) is 16.6. The maximum atomic E-state index is 11.9. The molecule has 1 aromatic carbocycles. The van der Waals surface area contributed by atoms with Gasteiger partial charge >= 0.3 is 0 Å². The third-order valence-electron chi connectivity index (χ3n) is 4.07. The lowest BCUT2D eigenvalue weighted by Crippen LogP contribution is -2.14. The molecule has 2 aromatic rings. The number of hydrogen-bond acceptors (Lipinski definition) is 3. The minimum atomic E-state index is -1.05. The second kappa shape index (κ2) is 6.34. The Kier molecular flexibility index (Phi) is 4.36. The van der Waals surface area contributed by atoms with Crippen LogP contribution >= 0.6 is 0 Å². The molecule has 1 aliphatic heterocycles. The molecule has 2 N–H and O–H groups in total. The molecule has 2 heterocycles. The van der Waals surface area contributed by atoms with E-state index in [1.165, 1.54) is 0 Å². The summed E-state index contributed by atoms with van der Waals surface area (Å²) in [6, 6.07) is 9.81. The summed E-state index contributed by atoms with van der Waals surface area (Å²) >= 11 is 0. The fourth-order valence-corrected chi connectivity index (χ4v) is 2.83. The molecule has 0 spiro atoms. The van der Waals surface area contributed by atoms with Gasteiger partial charge in [0.25, 0.3) is 5.91 Å². The molecule has 0 bridgehead atoms. The monoisotopic (exact) mass is 334 g/mol. The fourth-order valence-electron chi connectivity index (χ4n) is 2.83. The van der Waals surface area contributed by atoms with Crippen molar-refractivity contribution in [1.82, 2.24) is 10.3 Å². The number of nitrogens with zero attached hydrogens (tertiary/aromatic N) is 1. The Morgan fingerprint density at radius 3 is 2.64 bits per heavy atom. The summed E-state index contributed by atoms with van der Waals surface area (Å²) in [5.41, 5.74) is 4.26. The third kappa shape index (κ3) is 3.72. The summed E-state index contributed by atoms with van der Waals surface area (Å²) in [5, 5.41) is 12.6. The average Bonchev–Trinajstić information content (AvgIpc) is 2.93. The van der Waals surface area contributed by atoms with E-state index < -0.39 is 5.60 Å². The van der Waals surface area contributed by atoms with Crippen molar-refractivity contribution in [1.29, 1.82) is 0 Å². The van der Waals surface area contributed by atoms with E-state index in [0.717, 1.165) is 27.9 Å². The number of aromatic nitrogens is 1. The summed E-state index contributed by atoms with van der Waals surface area (Å²) in [7, 11) is 0. The van der Waals surface area contributed by atoms with Crippen molar-refractivity contribution in [3.8, 4) is 23.0 Å². The van der Waals surface area contributed by atoms with Gasteiger partial charge in [0.15, 0.2) is 0 Å². The Bertz CT molecular complexity index is 896. The van der Waals surface area contributed by atoms with E-state index in [9.17, 15) is 9.90 Å². The topological polar surface area (TPSA) is 62.2 Å². The minimum Gasteiger partial charge on any atom is -0.378 e. The molecular weight excluding hydrogens is 312 g/mol. The van der Waals surface area contributed by atoms with Crippen LogP contribution in [-0.4, -0.2) is 21.6 Å². The lowest BCUT2D eigenvalue weighted by atomic mass is 9.94. The Morgan fingerprint density at radius 2 is 1.96 bits per heavy atom. The van der Waals surface area contributed by atoms with Gasteiger partial charge in [-0.3, -0.25) is 4.79 Å². The number of amides is 1. The highest BCUT2D eigenvalue weighted by atomic mass is 16.3. The first-order valence-corrected chi connectivity index (χ1v) is 8.42. The van der Waals surface area contributed by atoms with Gasteiger partial charge < -0.3 is 10.4 Å². The van der Waals surface area contributed by atoms with E-state index in [2.05, 4.69) is 36.0 Å². The first kappa shape index (κ1) is 17.2. The molecule has 0 saturated carbocycles. The van der Waals surface area contributed by atoms with Crippen LogP contribution in [0.1, 0.15) is 60.9 Å². The molecule has 1 aromatic heterocycles. The second-order valence-electron chi connectivity index (χ2n) is 7.15. The quantitative estimate of drug-likeness (QED) is 0.829. The predicted octanol–water partition coefficient (Wildman–Crippen LogP) is 3.24. The third-order valence-corrected chi connectivity index (χ3v) is 4.07. The smallest absolute Gasteiger partial charge is 0.251 e. The van der Waals surface area contributed by atoms with Crippen LogP contribution in [0.15, 0.2) is 30.3 Å². The number of carbonyl (C=O) groups is 1. The van der Waals surface area contributed by atoms with Crippen LogP contribution in [0.25, 0.3) is 11.1 Å². The van der Waals surface area contributed by atoms with Crippen molar-refractivity contribution in [3.05, 3.63) is 52.8 Å². The second-order valence-corrected chi connectivity index (χ2v) is 7.15. The van der Waals surface area contributed by atoms with E-state index in [1.807, 2.05) is 30.3 Å². The van der Waals surface area contributed by atoms with Crippen molar-refractivity contribution >= 4 is 5.91 Å². The largest absolute Gasteiger partial charge is 0.378 e. The summed E-state index contributed by atoms with van der Waals surface area (Å²) in [5.74, 6) is 5.91. The van der Waals surface area contributed by atoms with Crippen LogP contribution in [-0.2, 0) is 6.54 Å². The first-order chi connectivity index (χ1) is 11.7. The van der Waals surface area contributed by atoms with Gasteiger partial charge in [0.1, 0.15) is 11.3 Å². The van der Waals surface area contributed by atoms with Crippen molar-refractivity contribution in [2.24, 2.45) is 0 Å². The highest BCUT2D eigenvalue weighted by Crippen LogP contribution is 2.30. The van der Waals surface area contributed by atoms with Crippen molar-refractivity contribution in [3.63, 3.8) is 0 Å². The van der Waals surface area contributed by atoms with Crippen LogP contribution in [0.5, 0.6) is 0 Å². The van der Waals surface area contributed by atoms with Gasteiger partial charge in [0.2, 0.25) is 0 Å². The average molecular weight is 334 g/mol. The molecule has 3 rings (SSSR count). The molecule has 1 aliphatic rings. The molecule has 0 aliphatic carbocycles. The number of hydrogen-bond donors (Lipinski definition) is 2. The summed E-state index contributed by atoms with van der Waals surface area (Å²) in [6.07, 6.45) is 0. The van der Waals surface area contributed by atoms with Crippen molar-refractivity contribution in [2.45, 2.75) is 45.8 Å². The molecule has 1 amide bonds. The molecular formula is C21H22N2O2. The highest BCUT2D eigenvalue weighted by molar-refractivity contribution is 5.99. The predicted molar refractivity (Wildman–Crippen MR) is 98.1 cm³/mol. The lowest BCUT2D eigenvalue weighted by Gasteiger charge is -2.13. The number of carbonyl (C=O) groups excluding carboxylic acids is 1. The van der Waals surface area contributed by atoms with Crippen LogP contribution in [0.2, 0.25) is 0 Å². The van der Waals surface area contributed by atoms with Gasteiger partial charge in [0.05, 0.1) is 5.69 Å². The zero-order valence-electron chi connectivity index (χ0n) is 15.0. The molecule has 128 valence electrons. The van der Waals surface area contributed by atoms with Gasteiger partial charge in [-0.2, -0.15) is 0 Å². The number of pyridine rings is 1. The van der Waals surface area contributed by atoms with Crippen LogP contribution in [0.4, 0.5) is 0 Å². The Balaban J connectivity index is 2.06. The molecule has 4 nitrogen and oxygen atoms in total. The maximum absolute atomic E-state index is 11.9. The summed E-state index contributed by atoms with van der Waals surface area (Å²) < 4.78 is 0. The van der Waals surface area contributed by atoms with Crippen molar-refractivity contribution < 1.29 is 9.90 Å². The molecule has 4 heteroatoms. The Hall–Kier alpha value is -2.64. The van der Waals surface area contributed by atoms with Gasteiger partial charge in [-0.1, -0.05) is 31.9 Å². The molecule has 0 unspecified atom stereocenters. The van der Waals surface area contributed by atoms with E-state index in [1.54, 1.807) is 13.8 Å². The van der Waals surface area contributed by atoms with Crippen LogP contribution < -0.4 is 5.32 Å². The van der Waals surface area contributed by atoms with E-state index in [4.69, 9.17) is 0 Å². The Labute approximate surface area is 148 Å². The molecule has 0 fully saturated rings. The van der Waals surface area contributed by atoms with Crippen LogP contribution in [0, 0.1) is 11.8 Å². The molecule has 25 heavy (non-hydrogen) atoms. The number of aliphatic hydroxyl groups is 1. The zero-order valence-corrected chi connectivity index (χ0v) is 15.0. The van der Waals surface area contributed by atoms with E-state index in [-0.39, 0.29) is 11.8 Å². The number of fused-ring (bicyclic) bond motifs is 1. The lowest BCUT2D eigenvalue weighted by molar-refractivity contribution is 0.0965. The minimum absolute atomic E-state index is 0.0245. The number of benzene rings is 1. The van der Waals surface area contributed by atoms with E-state index >= 15 is 0 Å². The zero-order chi connectivity index (χ0) is 18.2. The Morgan fingerprint density at radius 1 is 1.20 bits per heavy atom. The fraction of sp³-hybridized carbons (Fsp3) is 0.333. The molecule has 0 radical (unpaired) electrons. The maximum Gasteiger partial charge on any atom is 0.251 e. The number of rotatable bonds is 2. The van der Waals surface area contributed by atoms with Crippen LogP contribution in [0.3, 0.4) is 0 Å². The number of nitrogens with one attached hydrogen (secondary N) is 1. The molecule has 0 saturated heterocycles. The molecule has 0 atom stereocenters. The highest BCUT2D eigenvalue weighted by Gasteiger charge is 2.20. The van der Waals surface area contributed by atoms with E-state index in [0.29, 0.717) is 12.2 Å². The van der Waals surface area contributed by atoms with Crippen molar-refractivity contribution in [2.75, 3.05) is 0 Å². The normalized spacial score (nSPS) is 13.3. The van der Waals surface area contributed by atoms with Gasteiger partial charge in [-0.25, -0.2) is 4.98 Å².